The molecule has 0 bridgehead atoms. The van der Waals surface area contributed by atoms with E-state index in [9.17, 15) is 13.2 Å². The van der Waals surface area contributed by atoms with Gasteiger partial charge in [0.25, 0.3) is 0 Å². The molecule has 1 aliphatic carbocycles. The number of amides is 1. The predicted octanol–water partition coefficient (Wildman–Crippen LogP) is 3.16. The number of sulfone groups is 1. The van der Waals surface area contributed by atoms with Crippen molar-refractivity contribution >= 4 is 39.1 Å². The number of nitrogens with zero attached hydrogens (tertiary/aromatic N) is 5. The molecule has 2 saturated heterocycles. The molecule has 178 valence electrons. The van der Waals surface area contributed by atoms with Crippen molar-refractivity contribution in [2.45, 2.75) is 56.3 Å². The zero-order valence-electron chi connectivity index (χ0n) is 19.0. The lowest BCUT2D eigenvalue weighted by Gasteiger charge is -2.31. The Morgan fingerprint density at radius 1 is 1.09 bits per heavy atom. The summed E-state index contributed by atoms with van der Waals surface area (Å²) in [5.41, 5.74) is 0.747. The van der Waals surface area contributed by atoms with E-state index in [4.69, 9.17) is 0 Å². The highest BCUT2D eigenvalue weighted by atomic mass is 32.2. The van der Waals surface area contributed by atoms with Gasteiger partial charge in [-0.15, -0.1) is 10.2 Å². The maximum atomic E-state index is 13.4. The molecule has 1 aromatic heterocycles. The maximum Gasteiger partial charge on any atom is 0.237 e. The fourth-order valence-corrected chi connectivity index (χ4v) is 7.33. The van der Waals surface area contributed by atoms with Gasteiger partial charge in [-0.2, -0.15) is 0 Å². The number of para-hydroxylation sites is 1. The Bertz CT molecular complexity index is 1090. The quantitative estimate of drug-likeness (QED) is 0.552. The van der Waals surface area contributed by atoms with Crippen LogP contribution in [0.15, 0.2) is 35.5 Å². The lowest BCUT2D eigenvalue weighted by Crippen LogP contribution is -2.42. The summed E-state index contributed by atoms with van der Waals surface area (Å²) in [6.45, 7) is 4.28. The number of benzene rings is 1. The average Bonchev–Trinajstić information content (AvgIpc) is 3.46. The van der Waals surface area contributed by atoms with Gasteiger partial charge in [0.05, 0.1) is 23.3 Å². The van der Waals surface area contributed by atoms with Crippen LogP contribution in [0, 0.1) is 5.92 Å². The highest BCUT2D eigenvalue weighted by molar-refractivity contribution is 7.99. The van der Waals surface area contributed by atoms with Crippen LogP contribution in [0.25, 0.3) is 0 Å². The summed E-state index contributed by atoms with van der Waals surface area (Å²) in [6.07, 6.45) is 5.03. The number of aromatic nitrogens is 3. The van der Waals surface area contributed by atoms with Crippen LogP contribution in [0.5, 0.6) is 0 Å². The van der Waals surface area contributed by atoms with E-state index in [-0.39, 0.29) is 29.2 Å². The van der Waals surface area contributed by atoms with Crippen LogP contribution in [0.1, 0.15) is 45.1 Å². The van der Waals surface area contributed by atoms with Gasteiger partial charge in [0.1, 0.15) is 0 Å². The molecule has 5 rings (SSSR count). The first kappa shape index (κ1) is 22.7. The molecule has 3 fully saturated rings. The molecule has 1 saturated carbocycles. The number of thioether (sulfide) groups is 1. The molecule has 2 aromatic rings. The number of piperidine rings is 1. The number of carbonyl (C=O) groups is 1. The Morgan fingerprint density at radius 3 is 2.45 bits per heavy atom. The van der Waals surface area contributed by atoms with E-state index in [1.54, 1.807) is 4.90 Å². The maximum absolute atomic E-state index is 13.4. The van der Waals surface area contributed by atoms with Crippen molar-refractivity contribution in [1.82, 2.24) is 14.8 Å². The lowest BCUT2D eigenvalue weighted by molar-refractivity contribution is -0.116. The molecule has 1 aromatic carbocycles. The fraction of sp³-hybridized carbons (Fsp3) is 0.609. The Morgan fingerprint density at radius 2 is 1.82 bits per heavy atom. The minimum absolute atomic E-state index is 0.0219. The second-order valence-corrected chi connectivity index (χ2v) is 12.7. The van der Waals surface area contributed by atoms with Crippen molar-refractivity contribution < 1.29 is 13.2 Å². The first-order valence-electron chi connectivity index (χ1n) is 11.8. The molecule has 0 N–H and O–H groups in total. The highest BCUT2D eigenvalue weighted by Crippen LogP contribution is 2.41. The van der Waals surface area contributed by atoms with Gasteiger partial charge < -0.3 is 9.80 Å². The summed E-state index contributed by atoms with van der Waals surface area (Å²) in [7, 11) is -3.10. The minimum atomic E-state index is -3.10. The summed E-state index contributed by atoms with van der Waals surface area (Å²) in [5, 5.41) is 9.77. The molecule has 0 spiro atoms. The largest absolute Gasteiger partial charge is 0.341 e. The zero-order valence-corrected chi connectivity index (χ0v) is 20.6. The first-order valence-corrected chi connectivity index (χ1v) is 14.6. The molecule has 3 aliphatic rings. The van der Waals surface area contributed by atoms with Gasteiger partial charge in [0.2, 0.25) is 11.9 Å². The Balaban J connectivity index is 1.33. The Hall–Kier alpha value is -2.07. The highest BCUT2D eigenvalue weighted by Gasteiger charge is 2.36. The molecular weight excluding hydrogens is 458 g/mol. The van der Waals surface area contributed by atoms with E-state index in [2.05, 4.69) is 26.6 Å². The molecule has 0 radical (unpaired) electrons. The van der Waals surface area contributed by atoms with Gasteiger partial charge in [-0.3, -0.25) is 9.36 Å². The van der Waals surface area contributed by atoms with Gasteiger partial charge in [-0.25, -0.2) is 8.42 Å². The molecule has 33 heavy (non-hydrogen) atoms. The third-order valence-corrected chi connectivity index (χ3v) is 9.50. The molecular formula is C23H31N5O3S2. The first-order chi connectivity index (χ1) is 15.9. The number of anilines is 2. The van der Waals surface area contributed by atoms with Crippen molar-refractivity contribution in [1.29, 1.82) is 0 Å². The number of rotatable bonds is 7. The third kappa shape index (κ3) is 5.06. The van der Waals surface area contributed by atoms with Gasteiger partial charge in [-0.1, -0.05) is 36.9 Å². The van der Waals surface area contributed by atoms with Crippen LogP contribution in [0.3, 0.4) is 0 Å². The fourth-order valence-electron chi connectivity index (χ4n) is 4.77. The second-order valence-electron chi connectivity index (χ2n) is 9.50. The molecule has 10 heteroatoms. The molecule has 1 unspecified atom stereocenters. The van der Waals surface area contributed by atoms with Crippen LogP contribution >= 0.6 is 11.8 Å². The van der Waals surface area contributed by atoms with Crippen LogP contribution in [0.4, 0.5) is 11.6 Å². The molecule has 1 atom stereocenters. The monoisotopic (exact) mass is 489 g/mol. The number of hydrogen-bond acceptors (Lipinski definition) is 7. The summed E-state index contributed by atoms with van der Waals surface area (Å²) in [6, 6.07) is 9.48. The van der Waals surface area contributed by atoms with Crippen LogP contribution in [0.2, 0.25) is 0 Å². The van der Waals surface area contributed by atoms with Gasteiger partial charge in [-0.05, 0) is 50.2 Å². The molecule has 1 amide bonds. The van der Waals surface area contributed by atoms with E-state index < -0.39 is 9.84 Å². The topological polar surface area (TPSA) is 88.4 Å². The van der Waals surface area contributed by atoms with Crippen molar-refractivity contribution in [3.05, 3.63) is 30.3 Å². The summed E-state index contributed by atoms with van der Waals surface area (Å²) >= 11 is 1.41. The van der Waals surface area contributed by atoms with Crippen molar-refractivity contribution in [2.75, 3.05) is 40.1 Å². The minimum Gasteiger partial charge on any atom is -0.341 e. The van der Waals surface area contributed by atoms with E-state index in [0.717, 1.165) is 61.5 Å². The standard InChI is InChI=1S/C23H31N5O3S2/c1-17-9-12-26(13-10-17)22-24-25-23(28(22)19-7-8-19)32-15-21(29)27(18-5-3-2-4-6-18)20-11-14-33(30,31)16-20/h2-6,17,19-20H,7-16H2,1H3. The van der Waals surface area contributed by atoms with E-state index in [0.29, 0.717) is 12.5 Å². The summed E-state index contributed by atoms with van der Waals surface area (Å²) < 4.78 is 26.4. The second kappa shape index (κ2) is 9.29. The van der Waals surface area contributed by atoms with Gasteiger partial charge in [0.15, 0.2) is 15.0 Å². The van der Waals surface area contributed by atoms with Gasteiger partial charge in [0, 0.05) is 24.8 Å². The Kier molecular flexibility index (Phi) is 6.39. The number of hydrogen-bond donors (Lipinski definition) is 0. The van der Waals surface area contributed by atoms with Crippen molar-refractivity contribution in [2.24, 2.45) is 5.92 Å². The predicted molar refractivity (Wildman–Crippen MR) is 131 cm³/mol. The van der Waals surface area contributed by atoms with Gasteiger partial charge >= 0.3 is 0 Å². The van der Waals surface area contributed by atoms with Crippen LogP contribution in [-0.4, -0.2) is 65.5 Å². The zero-order chi connectivity index (χ0) is 23.0. The average molecular weight is 490 g/mol. The molecule has 3 heterocycles. The van der Waals surface area contributed by atoms with Crippen molar-refractivity contribution in [3.8, 4) is 0 Å². The van der Waals surface area contributed by atoms with E-state index in [1.807, 2.05) is 30.3 Å². The summed E-state index contributed by atoms with van der Waals surface area (Å²) in [4.78, 5) is 17.4. The van der Waals surface area contributed by atoms with Crippen LogP contribution in [-0.2, 0) is 14.6 Å². The third-order valence-electron chi connectivity index (χ3n) is 6.83. The lowest BCUT2D eigenvalue weighted by atomic mass is 10.00. The Labute approximate surface area is 199 Å². The molecule has 2 aliphatic heterocycles. The summed E-state index contributed by atoms with van der Waals surface area (Å²) in [5.74, 6) is 1.94. The van der Waals surface area contributed by atoms with E-state index in [1.165, 1.54) is 11.8 Å². The normalized spacial score (nSPS) is 23.1. The smallest absolute Gasteiger partial charge is 0.237 e. The molecule has 8 nitrogen and oxygen atoms in total. The van der Waals surface area contributed by atoms with E-state index >= 15 is 0 Å². The SMILES string of the molecule is CC1CCN(c2nnc(SCC(=O)N(c3ccccc3)C3CCS(=O)(=O)C3)n2C2CC2)CC1. The number of carbonyl (C=O) groups excluding carboxylic acids is 1. The van der Waals surface area contributed by atoms with Crippen LogP contribution < -0.4 is 9.80 Å². The van der Waals surface area contributed by atoms with Crippen molar-refractivity contribution in [3.63, 3.8) is 0 Å².